The molecule has 0 aromatic carbocycles. The highest BCUT2D eigenvalue weighted by Crippen LogP contribution is 2.26. The summed E-state index contributed by atoms with van der Waals surface area (Å²) in [5, 5.41) is 18.8. The van der Waals surface area contributed by atoms with E-state index >= 15 is 0 Å². The minimum Gasteiger partial charge on any atom is -0.508 e. The predicted molar refractivity (Wildman–Crippen MR) is 67.5 cm³/mol. The fraction of sp³-hybridized carbons (Fsp3) is 0.583. The predicted octanol–water partition coefficient (Wildman–Crippen LogP) is 2.38. The van der Waals surface area contributed by atoms with Crippen molar-refractivity contribution in [3.05, 3.63) is 23.2 Å². The molecule has 0 bridgehead atoms. The second kappa shape index (κ2) is 5.40. The highest BCUT2D eigenvalue weighted by Gasteiger charge is 2.22. The van der Waals surface area contributed by atoms with Crippen LogP contribution in [0.4, 0.5) is 0 Å². The third kappa shape index (κ3) is 3.36. The Morgan fingerprint density at radius 2 is 1.88 bits per heavy atom. The maximum Gasteiger partial charge on any atom is 0.218 e. The molecule has 1 aliphatic carbocycles. The van der Waals surface area contributed by atoms with Gasteiger partial charge in [-0.3, -0.25) is 0 Å². The van der Waals surface area contributed by atoms with Crippen molar-refractivity contribution in [1.82, 2.24) is 0 Å². The molecule has 4 nitrogen and oxygen atoms in total. The monoisotopic (exact) mass is 258 g/mol. The molecule has 0 aliphatic heterocycles. The Hall–Kier alpha value is -1.23. The first-order valence-electron chi connectivity index (χ1n) is 5.60. The van der Waals surface area contributed by atoms with Gasteiger partial charge in [-0.2, -0.15) is 8.42 Å². The molecular formula is C12H18O4S. The van der Waals surface area contributed by atoms with Gasteiger partial charge in [0.2, 0.25) is 10.3 Å². The van der Waals surface area contributed by atoms with Crippen LogP contribution >= 0.6 is 0 Å². The van der Waals surface area contributed by atoms with Crippen LogP contribution in [0, 0.1) is 11.8 Å². The van der Waals surface area contributed by atoms with Gasteiger partial charge >= 0.3 is 0 Å². The standard InChI is InChI=1S/C12H18O4S/c1-7(2)8(3)4-9-5-10(13)11(14)6-12(9)17(15)16/h5,7-8,13-14H,4,6H2,1-3H3. The van der Waals surface area contributed by atoms with Crippen LogP contribution in [0.2, 0.25) is 0 Å². The molecular weight excluding hydrogens is 240 g/mol. The molecule has 1 aliphatic rings. The Kier molecular flexibility index (Phi) is 4.40. The van der Waals surface area contributed by atoms with E-state index in [1.165, 1.54) is 6.08 Å². The summed E-state index contributed by atoms with van der Waals surface area (Å²) in [6.45, 7) is 6.16. The van der Waals surface area contributed by atoms with Gasteiger partial charge in [-0.25, -0.2) is 0 Å². The first-order chi connectivity index (χ1) is 7.82. The van der Waals surface area contributed by atoms with Gasteiger partial charge in [0.05, 0.1) is 4.86 Å². The van der Waals surface area contributed by atoms with Crippen LogP contribution in [0.1, 0.15) is 33.6 Å². The largest absolute Gasteiger partial charge is 0.508 e. The summed E-state index contributed by atoms with van der Waals surface area (Å²) in [5.41, 5.74) is 0.592. The van der Waals surface area contributed by atoms with Gasteiger partial charge in [0.15, 0.2) is 5.76 Å². The molecule has 1 unspecified atom stereocenters. The lowest BCUT2D eigenvalue weighted by molar-refractivity contribution is 0.330. The Labute approximate surface area is 103 Å². The lowest BCUT2D eigenvalue weighted by atomic mass is 9.87. The Balaban J connectivity index is 3.09. The zero-order valence-electron chi connectivity index (χ0n) is 10.3. The number of aliphatic hydroxyl groups is 2. The Morgan fingerprint density at radius 3 is 2.35 bits per heavy atom. The van der Waals surface area contributed by atoms with Gasteiger partial charge in [0, 0.05) is 6.42 Å². The molecule has 1 atom stereocenters. The summed E-state index contributed by atoms with van der Waals surface area (Å²) < 4.78 is 22.2. The van der Waals surface area contributed by atoms with Crippen LogP contribution in [-0.2, 0) is 10.3 Å². The molecule has 17 heavy (non-hydrogen) atoms. The van der Waals surface area contributed by atoms with E-state index in [1.54, 1.807) is 0 Å². The van der Waals surface area contributed by atoms with Crippen LogP contribution in [0.3, 0.4) is 0 Å². The topological polar surface area (TPSA) is 74.6 Å². The second-order valence-electron chi connectivity index (χ2n) is 4.76. The van der Waals surface area contributed by atoms with Crippen LogP contribution in [0.5, 0.6) is 0 Å². The molecule has 0 saturated carbocycles. The third-order valence-electron chi connectivity index (χ3n) is 3.17. The third-order valence-corrected chi connectivity index (χ3v) is 3.98. The molecule has 96 valence electrons. The van der Waals surface area contributed by atoms with E-state index in [0.29, 0.717) is 23.8 Å². The molecule has 0 fully saturated rings. The van der Waals surface area contributed by atoms with Crippen molar-refractivity contribution < 1.29 is 18.6 Å². The maximum absolute atomic E-state index is 11.1. The highest BCUT2D eigenvalue weighted by molar-refractivity contribution is 7.73. The number of aliphatic hydroxyl groups excluding tert-OH is 2. The van der Waals surface area contributed by atoms with Gasteiger partial charge in [0.1, 0.15) is 5.76 Å². The van der Waals surface area contributed by atoms with E-state index in [0.717, 1.165) is 0 Å². The van der Waals surface area contributed by atoms with Crippen molar-refractivity contribution in [2.45, 2.75) is 33.6 Å². The maximum atomic E-state index is 11.1. The van der Waals surface area contributed by atoms with Crippen molar-refractivity contribution in [1.29, 1.82) is 0 Å². The molecule has 0 heterocycles. The average molecular weight is 258 g/mol. The zero-order chi connectivity index (χ0) is 13.2. The number of hydrogen-bond donors (Lipinski definition) is 2. The average Bonchev–Trinajstić information content (AvgIpc) is 2.22. The summed E-state index contributed by atoms with van der Waals surface area (Å²) in [6.07, 6.45) is 1.82. The van der Waals surface area contributed by atoms with Gasteiger partial charge in [-0.15, -0.1) is 0 Å². The molecule has 0 aromatic heterocycles. The second-order valence-corrected chi connectivity index (χ2v) is 5.72. The van der Waals surface area contributed by atoms with E-state index in [-0.39, 0.29) is 22.8 Å². The summed E-state index contributed by atoms with van der Waals surface area (Å²) >= 11 is 0. The minimum atomic E-state index is -2.35. The van der Waals surface area contributed by atoms with E-state index < -0.39 is 10.3 Å². The van der Waals surface area contributed by atoms with Crippen molar-refractivity contribution in [3.63, 3.8) is 0 Å². The molecule has 0 spiro atoms. The first-order valence-corrected chi connectivity index (χ1v) is 6.67. The fourth-order valence-corrected chi connectivity index (χ4v) is 2.22. The Morgan fingerprint density at radius 1 is 1.29 bits per heavy atom. The summed E-state index contributed by atoms with van der Waals surface area (Å²) in [7, 11) is -2.35. The molecule has 5 heteroatoms. The molecule has 0 amide bonds. The van der Waals surface area contributed by atoms with Crippen molar-refractivity contribution in [2.24, 2.45) is 11.8 Å². The minimum absolute atomic E-state index is 0.113. The van der Waals surface area contributed by atoms with Crippen LogP contribution in [0.15, 0.2) is 23.2 Å². The van der Waals surface area contributed by atoms with E-state index in [4.69, 9.17) is 0 Å². The summed E-state index contributed by atoms with van der Waals surface area (Å²) in [4.78, 5) is 0.174. The van der Waals surface area contributed by atoms with E-state index in [1.807, 2.05) is 6.92 Å². The number of rotatable bonds is 3. The van der Waals surface area contributed by atoms with Crippen molar-refractivity contribution in [2.75, 3.05) is 0 Å². The van der Waals surface area contributed by atoms with Crippen LogP contribution in [-0.4, -0.2) is 23.5 Å². The van der Waals surface area contributed by atoms with Crippen LogP contribution in [0.25, 0.3) is 0 Å². The van der Waals surface area contributed by atoms with Gasteiger partial charge in [-0.1, -0.05) is 20.8 Å². The first kappa shape index (κ1) is 13.8. The van der Waals surface area contributed by atoms with Crippen LogP contribution < -0.4 is 0 Å². The van der Waals surface area contributed by atoms with E-state index in [2.05, 4.69) is 13.8 Å². The molecule has 2 N–H and O–H groups in total. The normalized spacial score (nSPS) is 18.4. The molecule has 0 saturated heterocycles. The fourth-order valence-electron chi connectivity index (χ4n) is 1.61. The van der Waals surface area contributed by atoms with Gasteiger partial charge < -0.3 is 10.2 Å². The van der Waals surface area contributed by atoms with E-state index in [9.17, 15) is 18.6 Å². The Bertz CT molecular complexity index is 487. The SMILES string of the molecule is CC(C)C(C)CC1=CC(O)=C(O)CC1=S(=O)=O. The molecule has 0 aromatic rings. The van der Waals surface area contributed by atoms with Crippen molar-refractivity contribution >= 4 is 15.2 Å². The molecule has 0 radical (unpaired) electrons. The lowest BCUT2D eigenvalue weighted by Gasteiger charge is -2.20. The lowest BCUT2D eigenvalue weighted by Crippen LogP contribution is -2.16. The van der Waals surface area contributed by atoms with Gasteiger partial charge in [0.25, 0.3) is 0 Å². The van der Waals surface area contributed by atoms with Gasteiger partial charge in [-0.05, 0) is 29.9 Å². The number of allylic oxidation sites excluding steroid dienone is 3. The quantitative estimate of drug-likeness (QED) is 0.762. The highest BCUT2D eigenvalue weighted by atomic mass is 32.2. The van der Waals surface area contributed by atoms with Crippen molar-refractivity contribution in [3.8, 4) is 0 Å². The smallest absolute Gasteiger partial charge is 0.218 e. The molecule has 1 rings (SSSR count). The summed E-state index contributed by atoms with van der Waals surface area (Å²) in [6, 6.07) is 0. The number of hydrogen-bond acceptors (Lipinski definition) is 4. The summed E-state index contributed by atoms with van der Waals surface area (Å²) in [5.74, 6) is 0.224. The zero-order valence-corrected chi connectivity index (χ0v) is 11.1.